The zero-order valence-corrected chi connectivity index (χ0v) is 7.66. The molecule has 2 aliphatic rings. The van der Waals surface area contributed by atoms with Crippen LogP contribution in [0.5, 0.6) is 0 Å². The number of carbonyl (C=O) groups excluding carboxylic acids is 1. The van der Waals surface area contributed by atoms with E-state index < -0.39 is 4.33 Å². The van der Waals surface area contributed by atoms with Crippen LogP contribution in [0.25, 0.3) is 0 Å². The van der Waals surface area contributed by atoms with Crippen LogP contribution in [-0.2, 0) is 4.79 Å². The number of halogens is 2. The van der Waals surface area contributed by atoms with Gasteiger partial charge in [0.1, 0.15) is 0 Å². The molecule has 0 saturated heterocycles. The van der Waals surface area contributed by atoms with E-state index >= 15 is 0 Å². The molecule has 0 bridgehead atoms. The Morgan fingerprint density at radius 2 is 1.91 bits per heavy atom. The lowest BCUT2D eigenvalue weighted by atomic mass is 9.64. The number of carbonyl (C=O) groups is 1. The van der Waals surface area contributed by atoms with Crippen molar-refractivity contribution in [2.45, 2.75) is 30.0 Å². The van der Waals surface area contributed by atoms with E-state index in [2.05, 4.69) is 0 Å². The molecular formula is C8H10Cl2O. The number of fused-ring (bicyclic) bond motifs is 1. The van der Waals surface area contributed by atoms with E-state index in [9.17, 15) is 4.79 Å². The van der Waals surface area contributed by atoms with Crippen LogP contribution in [-0.4, -0.2) is 10.1 Å². The minimum atomic E-state index is -1.02. The van der Waals surface area contributed by atoms with Crippen molar-refractivity contribution in [2.24, 2.45) is 11.8 Å². The Morgan fingerprint density at radius 1 is 1.27 bits per heavy atom. The highest BCUT2D eigenvalue weighted by molar-refractivity contribution is 6.60. The summed E-state index contributed by atoms with van der Waals surface area (Å²) in [6.45, 7) is 0. The van der Waals surface area contributed by atoms with E-state index in [0.29, 0.717) is 0 Å². The highest BCUT2D eigenvalue weighted by Crippen LogP contribution is 2.54. The fourth-order valence-corrected chi connectivity index (χ4v) is 3.01. The molecule has 62 valence electrons. The third-order valence-corrected chi connectivity index (χ3v) is 3.83. The smallest absolute Gasteiger partial charge is 0.179 e. The number of rotatable bonds is 0. The average molecular weight is 193 g/mol. The fourth-order valence-electron chi connectivity index (χ4n) is 2.21. The van der Waals surface area contributed by atoms with Crippen molar-refractivity contribution in [3.63, 3.8) is 0 Å². The number of alkyl halides is 2. The van der Waals surface area contributed by atoms with Gasteiger partial charge in [0, 0.05) is 11.8 Å². The van der Waals surface area contributed by atoms with Gasteiger partial charge in [0.2, 0.25) is 0 Å². The molecule has 11 heavy (non-hydrogen) atoms. The van der Waals surface area contributed by atoms with Crippen molar-refractivity contribution in [1.82, 2.24) is 0 Å². The zero-order valence-electron chi connectivity index (χ0n) is 6.15. The zero-order chi connectivity index (χ0) is 8.06. The molecule has 0 spiro atoms. The summed E-state index contributed by atoms with van der Waals surface area (Å²) in [7, 11) is 0. The number of Topliss-reactive ketones (excluding diaryl/α,β-unsaturated/α-hetero) is 1. The lowest BCUT2D eigenvalue weighted by Gasteiger charge is -2.48. The van der Waals surface area contributed by atoms with Crippen molar-refractivity contribution in [2.75, 3.05) is 0 Å². The Hall–Kier alpha value is 0.250. The minimum absolute atomic E-state index is 0.0607. The van der Waals surface area contributed by atoms with Gasteiger partial charge >= 0.3 is 0 Å². The Morgan fingerprint density at radius 3 is 2.55 bits per heavy atom. The van der Waals surface area contributed by atoms with Crippen molar-refractivity contribution in [3.05, 3.63) is 0 Å². The number of hydrogen-bond donors (Lipinski definition) is 0. The Bertz CT molecular complexity index is 200. The summed E-state index contributed by atoms with van der Waals surface area (Å²) in [4.78, 5) is 11.3. The molecule has 0 aromatic carbocycles. The molecular weight excluding hydrogens is 183 g/mol. The number of hydrogen-bond acceptors (Lipinski definition) is 1. The minimum Gasteiger partial charge on any atom is -0.296 e. The topological polar surface area (TPSA) is 17.1 Å². The highest BCUT2D eigenvalue weighted by Gasteiger charge is 2.60. The van der Waals surface area contributed by atoms with Gasteiger partial charge in [-0.15, -0.1) is 0 Å². The third-order valence-electron chi connectivity index (χ3n) is 2.90. The van der Waals surface area contributed by atoms with E-state index in [-0.39, 0.29) is 17.6 Å². The summed E-state index contributed by atoms with van der Waals surface area (Å²) >= 11 is 11.7. The molecule has 0 unspecified atom stereocenters. The van der Waals surface area contributed by atoms with Gasteiger partial charge in [-0.3, -0.25) is 4.79 Å². The molecule has 2 aliphatic carbocycles. The first-order valence-electron chi connectivity index (χ1n) is 4.06. The number of ketones is 1. The fraction of sp³-hybridized carbons (Fsp3) is 0.875. The molecule has 2 rings (SSSR count). The maximum absolute atomic E-state index is 11.3. The van der Waals surface area contributed by atoms with Crippen LogP contribution >= 0.6 is 23.2 Å². The molecule has 2 atom stereocenters. The van der Waals surface area contributed by atoms with Gasteiger partial charge in [-0.1, -0.05) is 36.0 Å². The van der Waals surface area contributed by atoms with Gasteiger partial charge in [-0.2, -0.15) is 0 Å². The van der Waals surface area contributed by atoms with E-state index in [4.69, 9.17) is 23.2 Å². The molecule has 2 saturated carbocycles. The molecule has 0 aromatic heterocycles. The Balaban J connectivity index is 2.15. The van der Waals surface area contributed by atoms with Crippen LogP contribution in [0.3, 0.4) is 0 Å². The monoisotopic (exact) mass is 192 g/mol. The lowest BCUT2D eigenvalue weighted by Crippen LogP contribution is -2.57. The second-order valence-electron chi connectivity index (χ2n) is 3.48. The quantitative estimate of drug-likeness (QED) is 0.540. The maximum atomic E-state index is 11.3. The van der Waals surface area contributed by atoms with Crippen LogP contribution in [0.2, 0.25) is 0 Å². The summed E-state index contributed by atoms with van der Waals surface area (Å²) in [6, 6.07) is 0. The molecule has 0 N–H and O–H groups in total. The van der Waals surface area contributed by atoms with Crippen LogP contribution in [0, 0.1) is 11.8 Å². The predicted molar refractivity (Wildman–Crippen MR) is 44.9 cm³/mol. The van der Waals surface area contributed by atoms with Gasteiger partial charge in [-0.05, 0) is 12.8 Å². The van der Waals surface area contributed by atoms with E-state index in [0.717, 1.165) is 19.3 Å². The molecule has 0 aliphatic heterocycles. The van der Waals surface area contributed by atoms with E-state index in [1.165, 1.54) is 6.42 Å². The summed E-state index contributed by atoms with van der Waals surface area (Å²) < 4.78 is -1.02. The summed E-state index contributed by atoms with van der Waals surface area (Å²) in [5.74, 6) is 0.511. The summed E-state index contributed by atoms with van der Waals surface area (Å²) in [5.41, 5.74) is 0. The van der Waals surface area contributed by atoms with Gasteiger partial charge in [0.05, 0.1) is 0 Å². The molecule has 0 aromatic rings. The average Bonchev–Trinajstić information content (AvgIpc) is 2.04. The first-order chi connectivity index (χ1) is 5.14. The van der Waals surface area contributed by atoms with Crippen LogP contribution in [0.1, 0.15) is 25.7 Å². The normalized spacial score (nSPS) is 41.1. The largest absolute Gasteiger partial charge is 0.296 e. The second-order valence-corrected chi connectivity index (χ2v) is 4.87. The molecule has 0 radical (unpaired) electrons. The van der Waals surface area contributed by atoms with Crippen molar-refractivity contribution in [3.8, 4) is 0 Å². The van der Waals surface area contributed by atoms with Crippen LogP contribution < -0.4 is 0 Å². The van der Waals surface area contributed by atoms with Crippen molar-refractivity contribution < 1.29 is 4.79 Å². The SMILES string of the molecule is O=C1[C@@H]2CCCC[C@@H]2C1(Cl)Cl. The maximum Gasteiger partial charge on any atom is 0.179 e. The van der Waals surface area contributed by atoms with Crippen molar-refractivity contribution >= 4 is 29.0 Å². The second kappa shape index (κ2) is 2.37. The van der Waals surface area contributed by atoms with Crippen LogP contribution in [0.15, 0.2) is 0 Å². The van der Waals surface area contributed by atoms with Gasteiger partial charge < -0.3 is 0 Å². The first kappa shape index (κ1) is 7.88. The molecule has 0 amide bonds. The van der Waals surface area contributed by atoms with Crippen molar-refractivity contribution in [1.29, 1.82) is 0 Å². The van der Waals surface area contributed by atoms with Gasteiger partial charge in [0.15, 0.2) is 10.1 Å². The molecule has 1 nitrogen and oxygen atoms in total. The van der Waals surface area contributed by atoms with Gasteiger partial charge in [-0.25, -0.2) is 0 Å². The third kappa shape index (κ3) is 0.940. The first-order valence-corrected chi connectivity index (χ1v) is 4.82. The standard InChI is InChI=1S/C8H10Cl2O/c9-8(10)6-4-2-1-3-5(6)7(8)11/h5-6H,1-4H2/t5-,6+/m1/s1. The Labute approximate surface area is 76.1 Å². The van der Waals surface area contributed by atoms with E-state index in [1.54, 1.807) is 0 Å². The predicted octanol–water partition coefficient (Wildman–Crippen LogP) is 2.55. The lowest BCUT2D eigenvalue weighted by molar-refractivity contribution is -0.137. The van der Waals surface area contributed by atoms with Crippen LogP contribution in [0.4, 0.5) is 0 Å². The van der Waals surface area contributed by atoms with E-state index in [1.807, 2.05) is 0 Å². The molecule has 2 fully saturated rings. The molecule has 0 heterocycles. The highest BCUT2D eigenvalue weighted by atomic mass is 35.5. The summed E-state index contributed by atoms with van der Waals surface area (Å²) in [5, 5.41) is 0. The Kier molecular flexibility index (Phi) is 1.69. The molecule has 3 heteroatoms. The van der Waals surface area contributed by atoms with Gasteiger partial charge in [0.25, 0.3) is 0 Å². The summed E-state index contributed by atoms with van der Waals surface area (Å²) in [6.07, 6.45) is 4.38.